The highest BCUT2D eigenvalue weighted by Gasteiger charge is 2.24. The summed E-state index contributed by atoms with van der Waals surface area (Å²) >= 11 is 0. The first-order valence-electron chi connectivity index (χ1n) is 6.62. The van der Waals surface area contributed by atoms with Crippen LogP contribution in [0.2, 0.25) is 0 Å². The maximum Gasteiger partial charge on any atom is 0.240 e. The van der Waals surface area contributed by atoms with Gasteiger partial charge in [0.1, 0.15) is 0 Å². The van der Waals surface area contributed by atoms with E-state index in [9.17, 15) is 8.42 Å². The summed E-state index contributed by atoms with van der Waals surface area (Å²) in [7, 11) is -3.43. The smallest absolute Gasteiger partial charge is 0.240 e. The van der Waals surface area contributed by atoms with Crippen molar-refractivity contribution in [2.45, 2.75) is 30.7 Å². The van der Waals surface area contributed by atoms with E-state index in [1.54, 1.807) is 12.1 Å². The molecular weight excluding hydrogens is 262 g/mol. The number of hydrogen-bond acceptors (Lipinski definition) is 4. The molecule has 1 aromatic rings. The number of likely N-dealkylation sites (tertiary alicyclic amines) is 1. The van der Waals surface area contributed by atoms with Crippen LogP contribution >= 0.6 is 0 Å². The zero-order valence-corrected chi connectivity index (χ0v) is 12.0. The predicted octanol–water partition coefficient (Wildman–Crippen LogP) is 1.03. The van der Waals surface area contributed by atoms with Gasteiger partial charge < -0.3 is 5.73 Å². The van der Waals surface area contributed by atoms with E-state index in [-0.39, 0.29) is 4.90 Å². The van der Waals surface area contributed by atoms with Gasteiger partial charge in [0.25, 0.3) is 0 Å². The van der Waals surface area contributed by atoms with Gasteiger partial charge in [-0.25, -0.2) is 13.1 Å². The van der Waals surface area contributed by atoms with Gasteiger partial charge in [0.05, 0.1) is 4.90 Å². The normalized spacial score (nSPS) is 20.8. The Morgan fingerprint density at radius 3 is 2.68 bits per heavy atom. The molecule has 0 spiro atoms. The molecule has 0 aromatic heterocycles. The Labute approximate surface area is 114 Å². The molecule has 0 unspecified atom stereocenters. The number of sulfonamides is 1. The van der Waals surface area contributed by atoms with Gasteiger partial charge in [0.15, 0.2) is 0 Å². The van der Waals surface area contributed by atoms with Crippen LogP contribution < -0.4 is 10.5 Å². The molecule has 1 fully saturated rings. The molecule has 2 rings (SSSR count). The molecule has 0 radical (unpaired) electrons. The molecule has 5 nitrogen and oxygen atoms in total. The maximum absolute atomic E-state index is 12.1. The summed E-state index contributed by atoms with van der Waals surface area (Å²) < 4.78 is 26.9. The van der Waals surface area contributed by atoms with Gasteiger partial charge in [0.2, 0.25) is 10.0 Å². The lowest BCUT2D eigenvalue weighted by Crippen LogP contribution is -2.39. The Bertz CT molecular complexity index is 513. The van der Waals surface area contributed by atoms with Crippen LogP contribution in [0.15, 0.2) is 29.2 Å². The van der Waals surface area contributed by atoms with Gasteiger partial charge in [0, 0.05) is 18.3 Å². The van der Waals surface area contributed by atoms with E-state index >= 15 is 0 Å². The van der Waals surface area contributed by atoms with Crippen LogP contribution in [-0.2, 0) is 10.0 Å². The topological polar surface area (TPSA) is 75.4 Å². The number of nitrogen functional groups attached to an aromatic ring is 1. The SMILES string of the molecule is CCN1CCC[C@H]1CNS(=O)(=O)c1ccc(N)cc1. The van der Waals surface area contributed by atoms with E-state index in [0.29, 0.717) is 18.3 Å². The minimum atomic E-state index is -3.43. The summed E-state index contributed by atoms with van der Waals surface area (Å²) in [6, 6.07) is 6.58. The first kappa shape index (κ1) is 14.3. The Morgan fingerprint density at radius 2 is 2.05 bits per heavy atom. The van der Waals surface area contributed by atoms with Crippen molar-refractivity contribution in [2.24, 2.45) is 0 Å². The molecule has 0 bridgehead atoms. The van der Waals surface area contributed by atoms with Crippen molar-refractivity contribution in [2.75, 3.05) is 25.4 Å². The lowest BCUT2D eigenvalue weighted by molar-refractivity contribution is 0.268. The minimum absolute atomic E-state index is 0.266. The standard InChI is InChI=1S/C13H21N3O2S/c1-2-16-9-3-4-12(16)10-15-19(17,18)13-7-5-11(14)6-8-13/h5-8,12,15H,2-4,9-10,14H2,1H3/t12-/m0/s1. The fraction of sp³-hybridized carbons (Fsp3) is 0.538. The summed E-state index contributed by atoms with van der Waals surface area (Å²) in [5.74, 6) is 0. The van der Waals surface area contributed by atoms with E-state index in [0.717, 1.165) is 25.9 Å². The van der Waals surface area contributed by atoms with E-state index < -0.39 is 10.0 Å². The van der Waals surface area contributed by atoms with Gasteiger partial charge in [-0.05, 0) is 50.2 Å². The second kappa shape index (κ2) is 5.90. The second-order valence-corrected chi connectivity index (χ2v) is 6.61. The van der Waals surface area contributed by atoms with Crippen molar-refractivity contribution in [3.63, 3.8) is 0 Å². The largest absolute Gasteiger partial charge is 0.399 e. The first-order chi connectivity index (χ1) is 9.03. The van der Waals surface area contributed by atoms with Crippen molar-refractivity contribution < 1.29 is 8.42 Å². The molecule has 1 heterocycles. The molecule has 0 saturated carbocycles. The Hall–Kier alpha value is -1.11. The average molecular weight is 283 g/mol. The molecule has 1 aromatic carbocycles. The summed E-state index contributed by atoms with van der Waals surface area (Å²) in [6.07, 6.45) is 2.19. The minimum Gasteiger partial charge on any atom is -0.399 e. The van der Waals surface area contributed by atoms with Crippen LogP contribution in [0.5, 0.6) is 0 Å². The molecule has 19 heavy (non-hydrogen) atoms. The number of anilines is 1. The fourth-order valence-corrected chi connectivity index (χ4v) is 3.55. The summed E-state index contributed by atoms with van der Waals surface area (Å²) in [6.45, 7) is 4.60. The highest BCUT2D eigenvalue weighted by Crippen LogP contribution is 2.17. The molecule has 1 atom stereocenters. The molecular formula is C13H21N3O2S. The first-order valence-corrected chi connectivity index (χ1v) is 8.10. The van der Waals surface area contributed by atoms with Gasteiger partial charge in [-0.1, -0.05) is 6.92 Å². The van der Waals surface area contributed by atoms with E-state index in [2.05, 4.69) is 16.5 Å². The van der Waals surface area contributed by atoms with Gasteiger partial charge >= 0.3 is 0 Å². The second-order valence-electron chi connectivity index (χ2n) is 4.85. The monoisotopic (exact) mass is 283 g/mol. The molecule has 1 saturated heterocycles. The predicted molar refractivity (Wildman–Crippen MR) is 76.3 cm³/mol. The van der Waals surface area contributed by atoms with Crippen LogP contribution in [0, 0.1) is 0 Å². The highest BCUT2D eigenvalue weighted by atomic mass is 32.2. The van der Waals surface area contributed by atoms with Crippen molar-refractivity contribution in [1.82, 2.24) is 9.62 Å². The van der Waals surface area contributed by atoms with E-state index in [1.807, 2.05) is 0 Å². The number of nitrogens with zero attached hydrogens (tertiary/aromatic N) is 1. The number of nitrogens with one attached hydrogen (secondary N) is 1. The highest BCUT2D eigenvalue weighted by molar-refractivity contribution is 7.89. The summed E-state index contributed by atoms with van der Waals surface area (Å²) in [5, 5.41) is 0. The summed E-state index contributed by atoms with van der Waals surface area (Å²) in [4.78, 5) is 2.58. The zero-order valence-electron chi connectivity index (χ0n) is 11.2. The van der Waals surface area contributed by atoms with Crippen molar-refractivity contribution in [3.05, 3.63) is 24.3 Å². The summed E-state index contributed by atoms with van der Waals surface area (Å²) in [5.41, 5.74) is 6.12. The third kappa shape index (κ3) is 3.46. The Morgan fingerprint density at radius 1 is 1.37 bits per heavy atom. The number of nitrogens with two attached hydrogens (primary N) is 1. The molecule has 106 valence electrons. The van der Waals surface area contributed by atoms with E-state index in [1.165, 1.54) is 12.1 Å². The van der Waals surface area contributed by atoms with Crippen LogP contribution in [0.3, 0.4) is 0 Å². The van der Waals surface area contributed by atoms with Crippen molar-refractivity contribution >= 4 is 15.7 Å². The lowest BCUT2D eigenvalue weighted by Gasteiger charge is -2.22. The Balaban J connectivity index is 2.00. The zero-order chi connectivity index (χ0) is 13.9. The van der Waals surface area contributed by atoms with Gasteiger partial charge in [-0.3, -0.25) is 4.90 Å². The van der Waals surface area contributed by atoms with Crippen LogP contribution in [-0.4, -0.2) is 39.0 Å². The third-order valence-corrected chi connectivity index (χ3v) is 5.04. The molecule has 1 aliphatic rings. The lowest BCUT2D eigenvalue weighted by atomic mass is 10.2. The van der Waals surface area contributed by atoms with Crippen LogP contribution in [0.4, 0.5) is 5.69 Å². The molecule has 3 N–H and O–H groups in total. The van der Waals surface area contributed by atoms with Gasteiger partial charge in [-0.2, -0.15) is 0 Å². The van der Waals surface area contributed by atoms with Crippen LogP contribution in [0.25, 0.3) is 0 Å². The maximum atomic E-state index is 12.1. The van der Waals surface area contributed by atoms with E-state index in [4.69, 9.17) is 5.73 Å². The van der Waals surface area contributed by atoms with Gasteiger partial charge in [-0.15, -0.1) is 0 Å². The number of hydrogen-bond donors (Lipinski definition) is 2. The van der Waals surface area contributed by atoms with Crippen molar-refractivity contribution in [1.29, 1.82) is 0 Å². The van der Waals surface area contributed by atoms with Crippen molar-refractivity contribution in [3.8, 4) is 0 Å². The molecule has 0 amide bonds. The van der Waals surface area contributed by atoms with Crippen LogP contribution in [0.1, 0.15) is 19.8 Å². The third-order valence-electron chi connectivity index (χ3n) is 3.60. The molecule has 6 heteroatoms. The molecule has 1 aliphatic heterocycles. The molecule has 0 aliphatic carbocycles. The number of benzene rings is 1. The average Bonchev–Trinajstić information content (AvgIpc) is 2.84. The number of likely N-dealkylation sites (N-methyl/N-ethyl adjacent to an activating group) is 1. The quantitative estimate of drug-likeness (QED) is 0.792. The number of rotatable bonds is 5. The fourth-order valence-electron chi connectivity index (χ4n) is 2.48. The Kier molecular flexibility index (Phi) is 4.44.